The summed E-state index contributed by atoms with van der Waals surface area (Å²) in [6.45, 7) is 0.118. The van der Waals surface area contributed by atoms with E-state index in [9.17, 15) is 9.59 Å². The molecule has 5 nitrogen and oxygen atoms in total. The van der Waals surface area contributed by atoms with Crippen molar-refractivity contribution in [1.29, 1.82) is 0 Å². The number of anilines is 2. The van der Waals surface area contributed by atoms with Crippen molar-refractivity contribution >= 4 is 17.2 Å². The van der Waals surface area contributed by atoms with Crippen molar-refractivity contribution in [2.75, 3.05) is 11.9 Å². The van der Waals surface area contributed by atoms with Gasteiger partial charge in [0.05, 0.1) is 11.3 Å². The smallest absolute Gasteiger partial charge is 0.251 e. The molecular formula is C17H16N2O3. The highest BCUT2D eigenvalue weighted by Gasteiger charge is 2.22. The number of H-pyrrole nitrogens is 1. The summed E-state index contributed by atoms with van der Waals surface area (Å²) >= 11 is 0. The van der Waals surface area contributed by atoms with E-state index < -0.39 is 0 Å². The Kier molecular flexibility index (Phi) is 2.99. The van der Waals surface area contributed by atoms with Gasteiger partial charge in [0.15, 0.2) is 6.61 Å². The van der Waals surface area contributed by atoms with Crippen LogP contribution in [-0.4, -0.2) is 17.4 Å². The molecule has 2 heterocycles. The lowest BCUT2D eigenvalue weighted by Crippen LogP contribution is -2.20. The number of aromatic amines is 1. The number of ketones is 1. The molecular weight excluding hydrogens is 280 g/mol. The molecule has 1 aliphatic heterocycles. The number of pyridine rings is 1. The van der Waals surface area contributed by atoms with Crippen LogP contribution < -0.4 is 15.6 Å². The van der Waals surface area contributed by atoms with Gasteiger partial charge in [-0.25, -0.2) is 0 Å². The molecule has 1 aliphatic carbocycles. The van der Waals surface area contributed by atoms with Crippen molar-refractivity contribution in [1.82, 2.24) is 4.98 Å². The van der Waals surface area contributed by atoms with E-state index in [0.29, 0.717) is 11.3 Å². The first-order valence-corrected chi connectivity index (χ1v) is 7.53. The van der Waals surface area contributed by atoms with Crippen LogP contribution >= 0.6 is 0 Å². The van der Waals surface area contributed by atoms with Crippen molar-refractivity contribution < 1.29 is 9.53 Å². The summed E-state index contributed by atoms with van der Waals surface area (Å²) in [6, 6.07) is 5.50. The fraction of sp³-hybridized carbons (Fsp3) is 0.294. The standard InChI is InChI=1S/C17H16N2O3/c20-15-9-22-16-6-5-10(7-13(15)16)19-14-8-18-17(21)12-4-2-1-3-11(12)14/h5-8,19H,1-4,9H2,(H,18,21). The number of hydrogen-bond acceptors (Lipinski definition) is 4. The van der Waals surface area contributed by atoms with Crippen LogP contribution in [0.2, 0.25) is 0 Å². The number of benzene rings is 1. The van der Waals surface area contributed by atoms with Crippen LogP contribution in [-0.2, 0) is 12.8 Å². The molecule has 0 radical (unpaired) electrons. The number of carbonyl (C=O) groups is 1. The van der Waals surface area contributed by atoms with Crippen molar-refractivity contribution in [2.45, 2.75) is 25.7 Å². The summed E-state index contributed by atoms with van der Waals surface area (Å²) < 4.78 is 5.30. The molecule has 112 valence electrons. The molecule has 2 N–H and O–H groups in total. The van der Waals surface area contributed by atoms with Crippen LogP contribution in [0, 0.1) is 0 Å². The molecule has 1 aromatic carbocycles. The maximum Gasteiger partial charge on any atom is 0.251 e. The van der Waals surface area contributed by atoms with Crippen LogP contribution in [0.3, 0.4) is 0 Å². The van der Waals surface area contributed by atoms with Gasteiger partial charge in [-0.3, -0.25) is 9.59 Å². The van der Waals surface area contributed by atoms with Gasteiger partial charge >= 0.3 is 0 Å². The minimum absolute atomic E-state index is 0.00199. The Morgan fingerprint density at radius 2 is 1.91 bits per heavy atom. The monoisotopic (exact) mass is 296 g/mol. The summed E-state index contributed by atoms with van der Waals surface area (Å²) in [6.07, 6.45) is 5.62. The van der Waals surface area contributed by atoms with E-state index in [2.05, 4.69) is 10.3 Å². The largest absolute Gasteiger partial charge is 0.485 e. The quantitative estimate of drug-likeness (QED) is 0.893. The highest BCUT2D eigenvalue weighted by atomic mass is 16.5. The average Bonchev–Trinajstić information content (AvgIpc) is 2.91. The maximum absolute atomic E-state index is 11.9. The second kappa shape index (κ2) is 5.02. The number of ether oxygens (including phenoxy) is 1. The minimum atomic E-state index is 0.00199. The van der Waals surface area contributed by atoms with Gasteiger partial charge < -0.3 is 15.0 Å². The van der Waals surface area contributed by atoms with Crippen molar-refractivity contribution in [3.8, 4) is 5.75 Å². The number of rotatable bonds is 2. The minimum Gasteiger partial charge on any atom is -0.485 e. The molecule has 0 fully saturated rings. The number of fused-ring (bicyclic) bond motifs is 2. The average molecular weight is 296 g/mol. The third-order valence-corrected chi connectivity index (χ3v) is 4.33. The van der Waals surface area contributed by atoms with E-state index in [1.807, 2.05) is 12.1 Å². The van der Waals surface area contributed by atoms with Gasteiger partial charge in [0.25, 0.3) is 5.56 Å². The number of hydrogen-bond donors (Lipinski definition) is 2. The Morgan fingerprint density at radius 3 is 2.77 bits per heavy atom. The first-order valence-electron chi connectivity index (χ1n) is 7.53. The van der Waals surface area contributed by atoms with E-state index in [0.717, 1.165) is 48.2 Å². The summed E-state index contributed by atoms with van der Waals surface area (Å²) in [7, 11) is 0. The third-order valence-electron chi connectivity index (χ3n) is 4.33. The van der Waals surface area contributed by atoms with Crippen molar-refractivity contribution in [2.24, 2.45) is 0 Å². The second-order valence-corrected chi connectivity index (χ2v) is 5.74. The summed E-state index contributed by atoms with van der Waals surface area (Å²) in [5, 5.41) is 3.33. The molecule has 0 saturated heterocycles. The van der Waals surface area contributed by atoms with Gasteiger partial charge in [-0.2, -0.15) is 0 Å². The molecule has 4 rings (SSSR count). The molecule has 22 heavy (non-hydrogen) atoms. The first kappa shape index (κ1) is 13.1. The Hall–Kier alpha value is -2.56. The fourth-order valence-corrected chi connectivity index (χ4v) is 3.20. The van der Waals surface area contributed by atoms with E-state index in [1.165, 1.54) is 0 Å². The van der Waals surface area contributed by atoms with E-state index in [-0.39, 0.29) is 17.9 Å². The third kappa shape index (κ3) is 2.09. The molecule has 5 heteroatoms. The summed E-state index contributed by atoms with van der Waals surface area (Å²) in [4.78, 5) is 26.5. The molecule has 1 aromatic heterocycles. The predicted molar refractivity (Wildman–Crippen MR) is 83.3 cm³/mol. The van der Waals surface area contributed by atoms with Crippen molar-refractivity contribution in [3.05, 3.63) is 51.4 Å². The molecule has 0 atom stereocenters. The van der Waals surface area contributed by atoms with Gasteiger partial charge in [0, 0.05) is 17.4 Å². The van der Waals surface area contributed by atoms with Gasteiger partial charge in [-0.05, 0) is 49.4 Å². The second-order valence-electron chi connectivity index (χ2n) is 5.74. The Morgan fingerprint density at radius 1 is 1.09 bits per heavy atom. The van der Waals surface area contributed by atoms with E-state index >= 15 is 0 Å². The van der Waals surface area contributed by atoms with E-state index in [1.54, 1.807) is 12.3 Å². The zero-order valence-electron chi connectivity index (χ0n) is 12.1. The summed E-state index contributed by atoms with van der Waals surface area (Å²) in [5.74, 6) is 0.640. The number of aromatic nitrogens is 1. The number of nitrogens with one attached hydrogen (secondary N) is 2. The zero-order chi connectivity index (χ0) is 15.1. The van der Waals surface area contributed by atoms with Crippen LogP contribution in [0.25, 0.3) is 0 Å². The fourth-order valence-electron chi connectivity index (χ4n) is 3.20. The lowest BCUT2D eigenvalue weighted by molar-refractivity contribution is 0.0961. The topological polar surface area (TPSA) is 71.2 Å². The lowest BCUT2D eigenvalue weighted by atomic mass is 9.92. The Balaban J connectivity index is 1.71. The molecule has 0 amide bonds. The SMILES string of the molecule is O=C1COc2ccc(Nc3c[nH]c(=O)c4c3CCCC4)cc21. The van der Waals surface area contributed by atoms with Gasteiger partial charge in [0.2, 0.25) is 5.78 Å². The highest BCUT2D eigenvalue weighted by molar-refractivity contribution is 6.03. The van der Waals surface area contributed by atoms with Crippen LogP contribution in [0.15, 0.2) is 29.2 Å². The van der Waals surface area contributed by atoms with Gasteiger partial charge in [-0.1, -0.05) is 0 Å². The molecule has 0 saturated carbocycles. The van der Waals surface area contributed by atoms with Crippen LogP contribution in [0.1, 0.15) is 34.3 Å². The molecule has 0 unspecified atom stereocenters. The van der Waals surface area contributed by atoms with Gasteiger partial charge in [0.1, 0.15) is 5.75 Å². The van der Waals surface area contributed by atoms with Crippen LogP contribution in [0.5, 0.6) is 5.75 Å². The Labute approximate surface area is 127 Å². The maximum atomic E-state index is 11.9. The molecule has 2 aromatic rings. The number of carbonyl (C=O) groups excluding carboxylic acids is 1. The summed E-state index contributed by atoms with van der Waals surface area (Å²) in [5.41, 5.74) is 4.36. The highest BCUT2D eigenvalue weighted by Crippen LogP contribution is 2.31. The predicted octanol–water partition coefficient (Wildman–Crippen LogP) is 2.57. The molecule has 0 bridgehead atoms. The van der Waals surface area contributed by atoms with Crippen molar-refractivity contribution in [3.63, 3.8) is 0 Å². The van der Waals surface area contributed by atoms with Gasteiger partial charge in [-0.15, -0.1) is 0 Å². The van der Waals surface area contributed by atoms with Crippen LogP contribution in [0.4, 0.5) is 11.4 Å². The first-order chi connectivity index (χ1) is 10.7. The van der Waals surface area contributed by atoms with E-state index in [4.69, 9.17) is 4.74 Å². The number of Topliss-reactive ketones (excluding diaryl/α,β-unsaturated/α-hetero) is 1. The normalized spacial score (nSPS) is 15.9. The zero-order valence-corrected chi connectivity index (χ0v) is 12.1. The lowest BCUT2D eigenvalue weighted by Gasteiger charge is -2.19. The molecule has 0 spiro atoms. The molecule has 2 aliphatic rings. The Bertz CT molecular complexity index is 823.